The number of rotatable bonds is 80. The van der Waals surface area contributed by atoms with Crippen molar-refractivity contribution in [1.29, 1.82) is 0 Å². The lowest BCUT2D eigenvalue weighted by atomic mass is 10.0. The molecule has 0 aromatic carbocycles. The van der Waals surface area contributed by atoms with Gasteiger partial charge in [-0.15, -0.1) is 0 Å². The van der Waals surface area contributed by atoms with E-state index in [0.717, 1.165) is 102 Å². The Bertz CT molecular complexity index is 1920. The van der Waals surface area contributed by atoms with Crippen molar-refractivity contribution in [2.45, 2.75) is 445 Å². The van der Waals surface area contributed by atoms with Gasteiger partial charge in [-0.05, 0) is 37.5 Å². The second-order valence-electron chi connectivity index (χ2n) is 30.1. The molecule has 0 aliphatic rings. The van der Waals surface area contributed by atoms with Gasteiger partial charge in [0.25, 0.3) is 0 Å². The Morgan fingerprint density at radius 1 is 0.270 bits per heavy atom. The molecule has 0 saturated carbocycles. The minimum absolute atomic E-state index is 0.105. The number of carbonyl (C=O) groups is 4. The molecule has 594 valence electrons. The normalized spacial score (nSPS) is 13.9. The van der Waals surface area contributed by atoms with Gasteiger partial charge in [0, 0.05) is 25.7 Å². The molecule has 19 heteroatoms. The number of aliphatic hydroxyl groups is 1. The van der Waals surface area contributed by atoms with Crippen LogP contribution in [0.25, 0.3) is 0 Å². The average Bonchev–Trinajstić information content (AvgIpc) is 0.927. The molecule has 100 heavy (non-hydrogen) atoms. The molecule has 0 spiro atoms. The molecule has 3 N–H and O–H groups in total. The van der Waals surface area contributed by atoms with E-state index in [2.05, 4.69) is 41.5 Å². The van der Waals surface area contributed by atoms with Gasteiger partial charge in [0.05, 0.1) is 26.4 Å². The monoisotopic (exact) mass is 1470 g/mol. The van der Waals surface area contributed by atoms with Crippen LogP contribution in [-0.2, 0) is 65.4 Å². The van der Waals surface area contributed by atoms with Crippen LogP contribution in [0, 0.1) is 11.8 Å². The lowest BCUT2D eigenvalue weighted by Crippen LogP contribution is -2.30. The molecule has 0 saturated heterocycles. The Morgan fingerprint density at radius 3 is 0.680 bits per heavy atom. The number of phosphoric acid groups is 2. The predicted octanol–water partition coefficient (Wildman–Crippen LogP) is 24.3. The van der Waals surface area contributed by atoms with E-state index in [9.17, 15) is 43.2 Å². The van der Waals surface area contributed by atoms with Gasteiger partial charge in [0.15, 0.2) is 12.2 Å². The summed E-state index contributed by atoms with van der Waals surface area (Å²) in [6.45, 7) is 9.59. The molecule has 0 radical (unpaired) electrons. The Morgan fingerprint density at radius 2 is 0.460 bits per heavy atom. The Hall–Kier alpha value is -1.94. The third-order valence-electron chi connectivity index (χ3n) is 19.0. The number of phosphoric ester groups is 2. The van der Waals surface area contributed by atoms with Crippen molar-refractivity contribution in [3.8, 4) is 0 Å². The van der Waals surface area contributed by atoms with Crippen LogP contribution in [0.15, 0.2) is 0 Å². The average molecular weight is 1470 g/mol. The first kappa shape index (κ1) is 98.1. The zero-order valence-corrected chi connectivity index (χ0v) is 67.3. The van der Waals surface area contributed by atoms with E-state index in [-0.39, 0.29) is 25.7 Å². The van der Waals surface area contributed by atoms with Crippen LogP contribution in [0.5, 0.6) is 0 Å². The number of carbonyl (C=O) groups excluding carboxylic acids is 4. The first-order valence-electron chi connectivity index (χ1n) is 42.0. The first-order chi connectivity index (χ1) is 48.4. The van der Waals surface area contributed by atoms with E-state index in [4.69, 9.17) is 37.0 Å². The smallest absolute Gasteiger partial charge is 0.462 e. The summed E-state index contributed by atoms with van der Waals surface area (Å²) in [5.74, 6) is -0.589. The fraction of sp³-hybridized carbons (Fsp3) is 0.951. The zero-order valence-electron chi connectivity index (χ0n) is 65.5. The van der Waals surface area contributed by atoms with Crippen molar-refractivity contribution in [2.24, 2.45) is 11.8 Å². The Labute approximate surface area is 613 Å². The molecule has 5 atom stereocenters. The lowest BCUT2D eigenvalue weighted by Gasteiger charge is -2.21. The summed E-state index contributed by atoms with van der Waals surface area (Å²) in [7, 11) is -9.91. The third-order valence-corrected chi connectivity index (χ3v) is 20.9. The van der Waals surface area contributed by atoms with Gasteiger partial charge in [0.1, 0.15) is 19.3 Å². The minimum Gasteiger partial charge on any atom is -0.462 e. The highest BCUT2D eigenvalue weighted by atomic mass is 31.2. The van der Waals surface area contributed by atoms with E-state index in [1.807, 2.05) is 0 Å². The maximum atomic E-state index is 13.1. The topological polar surface area (TPSA) is 237 Å². The van der Waals surface area contributed by atoms with Gasteiger partial charge < -0.3 is 33.8 Å². The van der Waals surface area contributed by atoms with Crippen LogP contribution >= 0.6 is 15.6 Å². The number of ether oxygens (including phenoxy) is 4. The molecule has 0 heterocycles. The fourth-order valence-corrected chi connectivity index (χ4v) is 14.1. The molecule has 0 rings (SSSR count). The molecule has 0 aromatic rings. The van der Waals surface area contributed by atoms with Crippen LogP contribution in [-0.4, -0.2) is 96.7 Å². The summed E-state index contributed by atoms with van der Waals surface area (Å²) in [6.07, 6.45) is 62.7. The molecule has 17 nitrogen and oxygen atoms in total. The van der Waals surface area contributed by atoms with E-state index < -0.39 is 97.5 Å². The standard InChI is InChI=1S/C81H158O17P2/c1-7-9-11-13-15-17-18-19-20-21-22-23-24-25-26-29-33-36-40-47-53-59-65-80(85)97-76(70-92-79(84)64-58-52-46-39-35-32-30-27-28-31-34-38-43-49-55-61-73(3)4)71-95-99(87,88)93-67-75(82)68-94-100(89,90)96-72-77(69-91-78(83)63-57-51-45-37-16-14-12-10-8-2)98-81(86)66-60-54-48-42-41-44-50-56-62-74(5)6/h73-77,82H,7-72H2,1-6H3,(H,87,88)(H,89,90)/t75-,76-,77-/m1/s1. The van der Waals surface area contributed by atoms with E-state index >= 15 is 0 Å². The number of esters is 4. The molecular formula is C81H158O17P2. The van der Waals surface area contributed by atoms with Crippen LogP contribution in [0.3, 0.4) is 0 Å². The number of hydrogen-bond donors (Lipinski definition) is 3. The fourth-order valence-electron chi connectivity index (χ4n) is 12.5. The molecule has 0 aliphatic heterocycles. The first-order valence-corrected chi connectivity index (χ1v) is 45.0. The van der Waals surface area contributed by atoms with Crippen molar-refractivity contribution in [2.75, 3.05) is 39.6 Å². The number of unbranched alkanes of at least 4 members (excludes halogenated alkanes) is 50. The van der Waals surface area contributed by atoms with Crippen LogP contribution < -0.4 is 0 Å². The third kappa shape index (κ3) is 74.3. The molecule has 0 fully saturated rings. The van der Waals surface area contributed by atoms with Gasteiger partial charge in [-0.1, -0.05) is 375 Å². The van der Waals surface area contributed by atoms with E-state index in [1.54, 1.807) is 0 Å². The Balaban J connectivity index is 5.18. The largest absolute Gasteiger partial charge is 0.472 e. The van der Waals surface area contributed by atoms with Crippen molar-refractivity contribution >= 4 is 39.5 Å². The molecule has 0 amide bonds. The lowest BCUT2D eigenvalue weighted by molar-refractivity contribution is -0.161. The summed E-state index contributed by atoms with van der Waals surface area (Å²) in [6, 6.07) is 0. The number of hydrogen-bond acceptors (Lipinski definition) is 15. The van der Waals surface area contributed by atoms with Crippen molar-refractivity contribution in [1.82, 2.24) is 0 Å². The highest BCUT2D eigenvalue weighted by molar-refractivity contribution is 7.47. The van der Waals surface area contributed by atoms with Crippen molar-refractivity contribution in [3.05, 3.63) is 0 Å². The van der Waals surface area contributed by atoms with Gasteiger partial charge in [-0.3, -0.25) is 37.3 Å². The summed E-state index contributed by atoms with van der Waals surface area (Å²) >= 11 is 0. The molecule has 0 bridgehead atoms. The zero-order chi connectivity index (χ0) is 73.5. The van der Waals surface area contributed by atoms with Crippen molar-refractivity contribution in [3.63, 3.8) is 0 Å². The van der Waals surface area contributed by atoms with Gasteiger partial charge in [-0.25, -0.2) is 9.13 Å². The second-order valence-corrected chi connectivity index (χ2v) is 33.0. The van der Waals surface area contributed by atoms with E-state index in [0.29, 0.717) is 25.7 Å². The van der Waals surface area contributed by atoms with Crippen molar-refractivity contribution < 1.29 is 80.2 Å². The van der Waals surface area contributed by atoms with Gasteiger partial charge in [0.2, 0.25) is 0 Å². The number of aliphatic hydroxyl groups excluding tert-OH is 1. The summed E-state index contributed by atoms with van der Waals surface area (Å²) < 4.78 is 68.6. The summed E-state index contributed by atoms with van der Waals surface area (Å²) in [4.78, 5) is 72.9. The maximum Gasteiger partial charge on any atom is 0.472 e. The molecular weight excluding hydrogens is 1310 g/mol. The van der Waals surface area contributed by atoms with E-state index in [1.165, 1.54) is 244 Å². The highest BCUT2D eigenvalue weighted by Gasteiger charge is 2.30. The highest BCUT2D eigenvalue weighted by Crippen LogP contribution is 2.45. The summed E-state index contributed by atoms with van der Waals surface area (Å²) in [5, 5.41) is 10.6. The van der Waals surface area contributed by atoms with Gasteiger partial charge in [-0.2, -0.15) is 0 Å². The Kier molecular flexibility index (Phi) is 71.2. The molecule has 2 unspecified atom stereocenters. The van der Waals surface area contributed by atoms with Crippen LogP contribution in [0.4, 0.5) is 0 Å². The molecule has 0 aliphatic carbocycles. The van der Waals surface area contributed by atoms with Crippen LogP contribution in [0.2, 0.25) is 0 Å². The predicted molar refractivity (Wildman–Crippen MR) is 409 cm³/mol. The van der Waals surface area contributed by atoms with Crippen LogP contribution in [0.1, 0.15) is 427 Å². The molecule has 0 aromatic heterocycles. The van der Waals surface area contributed by atoms with Gasteiger partial charge >= 0.3 is 39.5 Å². The SMILES string of the molecule is CCCCCCCCCCCCCCCCCCCCCCCCC(=O)O[C@H](COC(=O)CCCCCCCCCCCCCCCCCC(C)C)COP(=O)(O)OC[C@@H](O)COP(=O)(O)OC[C@@H](COC(=O)CCCCCCCCCCC)OC(=O)CCCCCCCCCCC(C)C. The summed E-state index contributed by atoms with van der Waals surface area (Å²) in [5.41, 5.74) is 0. The quantitative estimate of drug-likeness (QED) is 0.0222. The second kappa shape index (κ2) is 72.6. The maximum absolute atomic E-state index is 13.1. The minimum atomic E-state index is -4.96.